The molecule has 6 nitrogen and oxygen atoms in total. The molecule has 162 valence electrons. The lowest BCUT2D eigenvalue weighted by Crippen LogP contribution is -2.00. The van der Waals surface area contributed by atoms with Crippen LogP contribution in [0.2, 0.25) is 0 Å². The van der Waals surface area contributed by atoms with E-state index in [1.54, 1.807) is 26.6 Å². The summed E-state index contributed by atoms with van der Waals surface area (Å²) in [7, 11) is 3.27. The molecule has 0 saturated carbocycles. The number of benzene rings is 2. The van der Waals surface area contributed by atoms with Crippen molar-refractivity contribution < 1.29 is 18.9 Å². The number of hydrogen-bond donors (Lipinski definition) is 0. The maximum absolute atomic E-state index is 5.98. The Morgan fingerprint density at radius 1 is 0.935 bits per heavy atom. The number of nitrogens with zero attached hydrogens (tertiary/aromatic N) is 2. The van der Waals surface area contributed by atoms with E-state index >= 15 is 0 Å². The lowest BCUT2D eigenvalue weighted by Gasteiger charge is -2.14. The average molecular weight is 421 g/mol. The molecule has 0 fully saturated rings. The van der Waals surface area contributed by atoms with Crippen LogP contribution in [0.5, 0.6) is 17.2 Å². The van der Waals surface area contributed by atoms with Crippen LogP contribution in [-0.2, 0) is 11.3 Å². The van der Waals surface area contributed by atoms with Crippen LogP contribution in [0.15, 0.2) is 62.0 Å². The first-order valence-electron chi connectivity index (χ1n) is 10.1. The van der Waals surface area contributed by atoms with E-state index in [0.29, 0.717) is 31.3 Å². The van der Waals surface area contributed by atoms with Gasteiger partial charge in [0.2, 0.25) is 0 Å². The second kappa shape index (κ2) is 11.1. The van der Waals surface area contributed by atoms with Crippen LogP contribution in [0, 0.1) is 0 Å². The minimum atomic E-state index is 0.414. The van der Waals surface area contributed by atoms with Gasteiger partial charge in [-0.15, -0.1) is 13.2 Å². The summed E-state index contributed by atoms with van der Waals surface area (Å²) in [6.07, 6.45) is 6.94. The summed E-state index contributed by atoms with van der Waals surface area (Å²) in [5.74, 6) is 2.07. The van der Waals surface area contributed by atoms with Gasteiger partial charge in [-0.05, 0) is 37.1 Å². The Morgan fingerprint density at radius 2 is 1.77 bits per heavy atom. The Morgan fingerprint density at radius 3 is 2.52 bits per heavy atom. The zero-order valence-electron chi connectivity index (χ0n) is 18.1. The summed E-state index contributed by atoms with van der Waals surface area (Å²) < 4.78 is 22.6. The fourth-order valence-electron chi connectivity index (χ4n) is 3.27. The van der Waals surface area contributed by atoms with Gasteiger partial charge in [0.25, 0.3) is 0 Å². The van der Waals surface area contributed by atoms with Gasteiger partial charge >= 0.3 is 0 Å². The van der Waals surface area contributed by atoms with Crippen molar-refractivity contribution >= 4 is 10.9 Å². The first-order chi connectivity index (χ1) is 15.2. The number of rotatable bonds is 12. The quantitative estimate of drug-likeness (QED) is 0.290. The molecule has 0 amide bonds. The van der Waals surface area contributed by atoms with E-state index in [4.69, 9.17) is 18.9 Å². The summed E-state index contributed by atoms with van der Waals surface area (Å²) in [6, 6.07) is 9.74. The molecule has 0 aliphatic carbocycles. The zero-order valence-corrected chi connectivity index (χ0v) is 18.1. The zero-order chi connectivity index (χ0) is 22.1. The fraction of sp³-hybridized carbons (Fsp3) is 0.280. The van der Waals surface area contributed by atoms with Gasteiger partial charge in [0.15, 0.2) is 11.5 Å². The number of fused-ring (bicyclic) bond motifs is 1. The minimum absolute atomic E-state index is 0.414. The molecular formula is C25H28N2O4. The maximum atomic E-state index is 5.98. The van der Waals surface area contributed by atoms with Crippen LogP contribution in [0.25, 0.3) is 22.2 Å². The Balaban J connectivity index is 2.02. The monoisotopic (exact) mass is 420 g/mol. The van der Waals surface area contributed by atoms with E-state index in [1.807, 2.05) is 36.4 Å². The molecule has 0 aliphatic rings. The van der Waals surface area contributed by atoms with Gasteiger partial charge in [-0.3, -0.25) is 0 Å². The molecule has 0 spiro atoms. The standard InChI is InChI=1S/C25H28N2O4/c1-5-7-8-12-31-24-14-20-21(15-23(24)29-4)26-17-27-25(20)18-9-10-22(28-3)19(13-18)16-30-11-6-2/h5-6,9-10,13-15,17H,1-2,7-8,11-12,16H2,3-4H3. The molecule has 1 aromatic heterocycles. The second-order valence-electron chi connectivity index (χ2n) is 6.85. The normalized spacial score (nSPS) is 10.6. The van der Waals surface area contributed by atoms with Crippen molar-refractivity contribution in [3.8, 4) is 28.5 Å². The van der Waals surface area contributed by atoms with Crippen molar-refractivity contribution in [3.05, 3.63) is 67.5 Å². The third-order valence-corrected chi connectivity index (χ3v) is 4.78. The summed E-state index contributed by atoms with van der Waals surface area (Å²) >= 11 is 0. The summed E-state index contributed by atoms with van der Waals surface area (Å²) in [4.78, 5) is 8.98. The van der Waals surface area contributed by atoms with Crippen molar-refractivity contribution in [2.45, 2.75) is 19.4 Å². The third kappa shape index (κ3) is 5.41. The number of methoxy groups -OCH3 is 2. The summed E-state index contributed by atoms with van der Waals surface area (Å²) in [6.45, 7) is 8.89. The van der Waals surface area contributed by atoms with Crippen LogP contribution < -0.4 is 14.2 Å². The van der Waals surface area contributed by atoms with Gasteiger partial charge in [-0.25, -0.2) is 9.97 Å². The Kier molecular flexibility index (Phi) is 8.01. The van der Waals surface area contributed by atoms with Gasteiger partial charge in [-0.2, -0.15) is 0 Å². The lowest BCUT2D eigenvalue weighted by molar-refractivity contribution is 0.146. The largest absolute Gasteiger partial charge is 0.496 e. The molecule has 2 aromatic carbocycles. The van der Waals surface area contributed by atoms with Crippen LogP contribution in [-0.4, -0.2) is 37.4 Å². The fourth-order valence-corrected chi connectivity index (χ4v) is 3.27. The van der Waals surface area contributed by atoms with Crippen LogP contribution in [0.4, 0.5) is 0 Å². The lowest BCUT2D eigenvalue weighted by atomic mass is 10.0. The third-order valence-electron chi connectivity index (χ3n) is 4.78. The minimum Gasteiger partial charge on any atom is -0.496 e. The van der Waals surface area contributed by atoms with Crippen molar-refractivity contribution in [3.63, 3.8) is 0 Å². The number of aromatic nitrogens is 2. The van der Waals surface area contributed by atoms with Gasteiger partial charge in [0, 0.05) is 22.6 Å². The van der Waals surface area contributed by atoms with E-state index < -0.39 is 0 Å². The molecule has 0 saturated heterocycles. The van der Waals surface area contributed by atoms with Gasteiger partial charge in [-0.1, -0.05) is 12.2 Å². The first kappa shape index (κ1) is 22.3. The Bertz CT molecular complexity index is 1050. The average Bonchev–Trinajstić information content (AvgIpc) is 2.81. The SMILES string of the molecule is C=CCCCOc1cc2c(-c3ccc(OC)c(COCC=C)c3)ncnc2cc1OC. The highest BCUT2D eigenvalue weighted by Crippen LogP contribution is 2.36. The van der Waals surface area contributed by atoms with Crippen molar-refractivity contribution in [2.75, 3.05) is 27.4 Å². The molecule has 6 heteroatoms. The molecule has 0 radical (unpaired) electrons. The molecule has 0 bridgehead atoms. The predicted octanol–water partition coefficient (Wildman–Crippen LogP) is 5.36. The van der Waals surface area contributed by atoms with Gasteiger partial charge in [0.05, 0.1) is 45.3 Å². The maximum Gasteiger partial charge on any atom is 0.162 e. The smallest absolute Gasteiger partial charge is 0.162 e. The summed E-state index contributed by atoms with van der Waals surface area (Å²) in [5, 5.41) is 0.880. The van der Waals surface area contributed by atoms with E-state index in [2.05, 4.69) is 23.1 Å². The second-order valence-corrected chi connectivity index (χ2v) is 6.85. The molecule has 3 rings (SSSR count). The molecule has 1 heterocycles. The molecule has 0 unspecified atom stereocenters. The topological polar surface area (TPSA) is 62.7 Å². The number of unbranched alkanes of at least 4 members (excludes halogenated alkanes) is 1. The highest BCUT2D eigenvalue weighted by Gasteiger charge is 2.14. The van der Waals surface area contributed by atoms with Crippen LogP contribution in [0.3, 0.4) is 0 Å². The molecule has 0 atom stereocenters. The van der Waals surface area contributed by atoms with Crippen molar-refractivity contribution in [2.24, 2.45) is 0 Å². The molecule has 31 heavy (non-hydrogen) atoms. The van der Waals surface area contributed by atoms with E-state index in [0.717, 1.165) is 46.3 Å². The predicted molar refractivity (Wildman–Crippen MR) is 123 cm³/mol. The number of allylic oxidation sites excluding steroid dienone is 1. The van der Waals surface area contributed by atoms with E-state index in [1.165, 1.54) is 0 Å². The molecular weight excluding hydrogens is 392 g/mol. The summed E-state index contributed by atoms with van der Waals surface area (Å²) in [5.41, 5.74) is 3.45. The van der Waals surface area contributed by atoms with Crippen molar-refractivity contribution in [1.82, 2.24) is 9.97 Å². The number of hydrogen-bond acceptors (Lipinski definition) is 6. The molecule has 3 aromatic rings. The highest BCUT2D eigenvalue weighted by molar-refractivity contribution is 5.94. The van der Waals surface area contributed by atoms with Gasteiger partial charge in [0.1, 0.15) is 12.1 Å². The Hall–Kier alpha value is -3.38. The van der Waals surface area contributed by atoms with E-state index in [9.17, 15) is 0 Å². The van der Waals surface area contributed by atoms with Crippen LogP contribution in [0.1, 0.15) is 18.4 Å². The number of ether oxygens (including phenoxy) is 4. The molecule has 0 aliphatic heterocycles. The van der Waals surface area contributed by atoms with Crippen LogP contribution >= 0.6 is 0 Å². The van der Waals surface area contributed by atoms with Crippen molar-refractivity contribution in [1.29, 1.82) is 0 Å². The Labute approximate surface area is 183 Å². The van der Waals surface area contributed by atoms with Gasteiger partial charge < -0.3 is 18.9 Å². The first-order valence-corrected chi connectivity index (χ1v) is 10.1. The highest BCUT2D eigenvalue weighted by atomic mass is 16.5. The van der Waals surface area contributed by atoms with E-state index in [-0.39, 0.29) is 0 Å². The molecule has 0 N–H and O–H groups in total.